The molecule has 0 bridgehead atoms. The van der Waals surface area contributed by atoms with Crippen molar-refractivity contribution in [3.8, 4) is 5.75 Å². The van der Waals surface area contributed by atoms with Gasteiger partial charge in [-0.1, -0.05) is 6.07 Å². The molecule has 0 saturated carbocycles. The highest BCUT2D eigenvalue weighted by Crippen LogP contribution is 2.35. The lowest BCUT2D eigenvalue weighted by Crippen LogP contribution is -2.42. The van der Waals surface area contributed by atoms with Gasteiger partial charge in [0.1, 0.15) is 5.69 Å². The van der Waals surface area contributed by atoms with Gasteiger partial charge in [0.25, 0.3) is 0 Å². The third kappa shape index (κ3) is 3.17. The summed E-state index contributed by atoms with van der Waals surface area (Å²) in [6.45, 7) is 1.24. The second-order valence-corrected chi connectivity index (χ2v) is 4.80. The Bertz CT molecular complexity index is 486. The zero-order valence-corrected chi connectivity index (χ0v) is 11.3. The normalized spacial score (nSPS) is 17.5. The highest BCUT2D eigenvalue weighted by atomic mass is 16.6. The van der Waals surface area contributed by atoms with E-state index in [0.717, 1.165) is 0 Å². The first-order valence-corrected chi connectivity index (χ1v) is 6.41. The number of nitro benzene ring substituents is 1. The molecule has 2 rings (SSSR count). The summed E-state index contributed by atoms with van der Waals surface area (Å²) in [5, 5.41) is 24.4. The number of para-hydroxylation sites is 1. The van der Waals surface area contributed by atoms with Crippen molar-refractivity contribution in [3.05, 3.63) is 28.3 Å². The minimum atomic E-state index is -0.894. The number of aliphatic hydroxyl groups is 1. The molecule has 1 heterocycles. The molecule has 0 aliphatic carbocycles. The van der Waals surface area contributed by atoms with Gasteiger partial charge in [0.15, 0.2) is 5.75 Å². The van der Waals surface area contributed by atoms with Gasteiger partial charge in [0, 0.05) is 32.6 Å². The third-order valence-electron chi connectivity index (χ3n) is 3.43. The van der Waals surface area contributed by atoms with Crippen molar-refractivity contribution in [1.82, 2.24) is 0 Å². The lowest BCUT2D eigenvalue weighted by atomic mass is 9.94. The maximum Gasteiger partial charge on any atom is 0.333 e. The molecule has 0 unspecified atom stereocenters. The van der Waals surface area contributed by atoms with Crippen LogP contribution in [0.3, 0.4) is 0 Å². The van der Waals surface area contributed by atoms with E-state index in [9.17, 15) is 15.2 Å². The number of benzene rings is 1. The van der Waals surface area contributed by atoms with E-state index in [1.807, 2.05) is 0 Å². The third-order valence-corrected chi connectivity index (χ3v) is 3.43. The first-order valence-electron chi connectivity index (χ1n) is 6.41. The monoisotopic (exact) mass is 282 g/mol. The predicted octanol–water partition coefficient (Wildman–Crippen LogP) is 1.56. The molecule has 7 heteroatoms. The first-order chi connectivity index (χ1) is 9.56. The van der Waals surface area contributed by atoms with Crippen molar-refractivity contribution in [2.75, 3.05) is 32.2 Å². The number of hydrogen-bond donors (Lipinski definition) is 2. The van der Waals surface area contributed by atoms with Crippen molar-refractivity contribution in [2.45, 2.75) is 18.4 Å². The average Bonchev–Trinajstić information content (AvgIpc) is 2.45. The second-order valence-electron chi connectivity index (χ2n) is 4.80. The van der Waals surface area contributed by atoms with Crippen LogP contribution in [0.4, 0.5) is 11.4 Å². The molecule has 0 amide bonds. The molecular weight excluding hydrogens is 264 g/mol. The maximum absolute atomic E-state index is 11.1. The van der Waals surface area contributed by atoms with Crippen molar-refractivity contribution < 1.29 is 19.5 Å². The molecule has 110 valence electrons. The van der Waals surface area contributed by atoms with Gasteiger partial charge >= 0.3 is 5.69 Å². The Labute approximate surface area is 116 Å². The maximum atomic E-state index is 11.1. The smallest absolute Gasteiger partial charge is 0.333 e. The minimum absolute atomic E-state index is 0.120. The fourth-order valence-electron chi connectivity index (χ4n) is 2.21. The van der Waals surface area contributed by atoms with E-state index in [4.69, 9.17) is 9.47 Å². The van der Waals surface area contributed by atoms with Crippen LogP contribution in [-0.2, 0) is 4.74 Å². The Morgan fingerprint density at radius 3 is 2.80 bits per heavy atom. The average molecular weight is 282 g/mol. The van der Waals surface area contributed by atoms with Crippen molar-refractivity contribution in [1.29, 1.82) is 0 Å². The van der Waals surface area contributed by atoms with Crippen LogP contribution in [0.5, 0.6) is 5.75 Å². The molecule has 2 N–H and O–H groups in total. The van der Waals surface area contributed by atoms with Crippen molar-refractivity contribution in [3.63, 3.8) is 0 Å². The fraction of sp³-hybridized carbons (Fsp3) is 0.538. The van der Waals surface area contributed by atoms with Gasteiger partial charge < -0.3 is 19.9 Å². The van der Waals surface area contributed by atoms with Gasteiger partial charge in [-0.2, -0.15) is 0 Å². The minimum Gasteiger partial charge on any atom is -0.490 e. The summed E-state index contributed by atoms with van der Waals surface area (Å²) in [5.41, 5.74) is -0.672. The summed E-state index contributed by atoms with van der Waals surface area (Å²) < 4.78 is 10.2. The molecule has 1 aliphatic rings. The number of rotatable bonds is 5. The SMILES string of the molecule is COc1cccc(NCC2(O)CCOCC2)c1[N+](=O)[O-]. The molecule has 7 nitrogen and oxygen atoms in total. The number of nitrogens with zero attached hydrogens (tertiary/aromatic N) is 1. The molecule has 1 fully saturated rings. The number of anilines is 1. The summed E-state index contributed by atoms with van der Waals surface area (Å²) in [7, 11) is 1.39. The Hall–Kier alpha value is -1.86. The van der Waals surface area contributed by atoms with Gasteiger partial charge in [0.05, 0.1) is 17.6 Å². The van der Waals surface area contributed by atoms with Crippen LogP contribution >= 0.6 is 0 Å². The summed E-state index contributed by atoms with van der Waals surface area (Å²) in [6.07, 6.45) is 1.02. The van der Waals surface area contributed by atoms with E-state index < -0.39 is 10.5 Å². The van der Waals surface area contributed by atoms with E-state index in [-0.39, 0.29) is 18.0 Å². The number of nitro groups is 1. The van der Waals surface area contributed by atoms with E-state index in [0.29, 0.717) is 31.7 Å². The molecule has 0 radical (unpaired) electrons. The number of ether oxygens (including phenoxy) is 2. The molecule has 20 heavy (non-hydrogen) atoms. The van der Waals surface area contributed by atoms with Crippen LogP contribution in [0.25, 0.3) is 0 Å². The Morgan fingerprint density at radius 1 is 1.50 bits per heavy atom. The van der Waals surface area contributed by atoms with E-state index >= 15 is 0 Å². The number of methoxy groups -OCH3 is 1. The lowest BCUT2D eigenvalue weighted by molar-refractivity contribution is -0.384. The van der Waals surface area contributed by atoms with Gasteiger partial charge in [0.2, 0.25) is 0 Å². The Balaban J connectivity index is 2.14. The predicted molar refractivity (Wildman–Crippen MR) is 73.1 cm³/mol. The molecule has 1 aromatic rings. The first kappa shape index (κ1) is 14.5. The van der Waals surface area contributed by atoms with Gasteiger partial charge in [-0.05, 0) is 12.1 Å². The highest BCUT2D eigenvalue weighted by Gasteiger charge is 2.30. The van der Waals surface area contributed by atoms with Gasteiger partial charge in [-0.15, -0.1) is 0 Å². The Morgan fingerprint density at radius 2 is 2.20 bits per heavy atom. The van der Waals surface area contributed by atoms with Crippen LogP contribution in [-0.4, -0.2) is 42.5 Å². The summed E-state index contributed by atoms with van der Waals surface area (Å²) >= 11 is 0. The van der Waals surface area contributed by atoms with Crippen LogP contribution in [0.2, 0.25) is 0 Å². The largest absolute Gasteiger partial charge is 0.490 e. The molecule has 0 spiro atoms. The van der Waals surface area contributed by atoms with Gasteiger partial charge in [-0.25, -0.2) is 0 Å². The molecular formula is C13H18N2O5. The quantitative estimate of drug-likeness (QED) is 0.628. The van der Waals surface area contributed by atoms with Crippen LogP contribution < -0.4 is 10.1 Å². The summed E-state index contributed by atoms with van der Waals surface area (Å²) in [6, 6.07) is 4.80. The van der Waals surface area contributed by atoms with Crippen LogP contribution in [0.1, 0.15) is 12.8 Å². The summed E-state index contributed by atoms with van der Waals surface area (Å²) in [4.78, 5) is 10.6. The lowest BCUT2D eigenvalue weighted by Gasteiger charge is -2.32. The zero-order chi connectivity index (χ0) is 14.6. The molecule has 0 aromatic heterocycles. The van der Waals surface area contributed by atoms with Gasteiger partial charge in [-0.3, -0.25) is 10.1 Å². The van der Waals surface area contributed by atoms with E-state index in [1.54, 1.807) is 12.1 Å². The van der Waals surface area contributed by atoms with E-state index in [1.165, 1.54) is 13.2 Å². The fourth-order valence-corrected chi connectivity index (χ4v) is 2.21. The molecule has 1 aliphatic heterocycles. The second kappa shape index (κ2) is 6.06. The molecule has 0 atom stereocenters. The standard InChI is InChI=1S/C13H18N2O5/c1-19-11-4-2-3-10(12(11)15(17)18)14-9-13(16)5-7-20-8-6-13/h2-4,14,16H,5-9H2,1H3. The van der Waals surface area contributed by atoms with Crippen LogP contribution in [0.15, 0.2) is 18.2 Å². The molecule has 1 aromatic carbocycles. The van der Waals surface area contributed by atoms with Crippen LogP contribution in [0, 0.1) is 10.1 Å². The Kier molecular flexibility index (Phi) is 4.41. The topological polar surface area (TPSA) is 93.9 Å². The number of hydrogen-bond acceptors (Lipinski definition) is 6. The summed E-state index contributed by atoms with van der Waals surface area (Å²) in [5.74, 6) is 0.193. The highest BCUT2D eigenvalue weighted by molar-refractivity contribution is 5.68. The molecule has 1 saturated heterocycles. The zero-order valence-electron chi connectivity index (χ0n) is 11.3. The van der Waals surface area contributed by atoms with E-state index in [2.05, 4.69) is 5.32 Å². The van der Waals surface area contributed by atoms with Crippen molar-refractivity contribution in [2.24, 2.45) is 0 Å². The number of nitrogens with one attached hydrogen (secondary N) is 1. The van der Waals surface area contributed by atoms with Crippen molar-refractivity contribution >= 4 is 11.4 Å².